The minimum atomic E-state index is -4.62. The number of hydrogen-bond acceptors (Lipinski definition) is 5. The molecule has 2 atom stereocenters. The summed E-state index contributed by atoms with van der Waals surface area (Å²) < 4.78 is 62.8. The van der Waals surface area contributed by atoms with Gasteiger partial charge in [0.05, 0.1) is 24.9 Å². The van der Waals surface area contributed by atoms with Crippen molar-refractivity contribution < 1.29 is 27.0 Å². The van der Waals surface area contributed by atoms with Gasteiger partial charge in [-0.3, -0.25) is 0 Å². The molecule has 1 saturated heterocycles. The van der Waals surface area contributed by atoms with E-state index in [4.69, 9.17) is 15.2 Å². The Balaban J connectivity index is 1.44. The molecule has 3 N–H and O–H groups in total. The number of rotatable bonds is 8. The van der Waals surface area contributed by atoms with Gasteiger partial charge in [-0.2, -0.15) is 13.2 Å². The standard InChI is InChI=1S/C21H25F4N3O2/c1-13-5-17(28-20(26)6-13)7-14-11-27-12-19(14)30-4-2-3-29-18-9-15(21(23,24)25)8-16(22)10-18/h5-6,8-10,14,19,27H,2-4,7,11-12H2,1H3,(H2,26,28)/t14-,19+/m1/s1. The van der Waals surface area contributed by atoms with Gasteiger partial charge in [0.2, 0.25) is 0 Å². The molecule has 30 heavy (non-hydrogen) atoms. The smallest absolute Gasteiger partial charge is 0.416 e. The number of nitrogens with two attached hydrogens (primary N) is 1. The molecule has 0 amide bonds. The number of aryl methyl sites for hydroxylation is 1. The number of ether oxygens (including phenoxy) is 2. The maximum absolute atomic E-state index is 13.4. The third kappa shape index (κ3) is 6.30. The minimum Gasteiger partial charge on any atom is -0.493 e. The van der Waals surface area contributed by atoms with Gasteiger partial charge >= 0.3 is 6.18 Å². The highest BCUT2D eigenvalue weighted by Gasteiger charge is 2.31. The zero-order valence-corrected chi connectivity index (χ0v) is 16.6. The molecular formula is C21H25F4N3O2. The Labute approximate surface area is 172 Å². The van der Waals surface area contributed by atoms with Gasteiger partial charge in [-0.05, 0) is 43.2 Å². The predicted molar refractivity (Wildman–Crippen MR) is 105 cm³/mol. The summed E-state index contributed by atoms with van der Waals surface area (Å²) >= 11 is 0. The second-order valence-electron chi connectivity index (χ2n) is 7.47. The van der Waals surface area contributed by atoms with Crippen LogP contribution in [0.15, 0.2) is 30.3 Å². The second kappa shape index (κ2) is 9.61. The lowest BCUT2D eigenvalue weighted by Crippen LogP contribution is -2.25. The summed E-state index contributed by atoms with van der Waals surface area (Å²) in [6.45, 7) is 4.00. The second-order valence-corrected chi connectivity index (χ2v) is 7.47. The van der Waals surface area contributed by atoms with Gasteiger partial charge in [-0.1, -0.05) is 0 Å². The highest BCUT2D eigenvalue weighted by Crippen LogP contribution is 2.32. The van der Waals surface area contributed by atoms with Crippen LogP contribution in [0.4, 0.5) is 23.4 Å². The molecule has 2 aromatic rings. The normalized spacial score (nSPS) is 19.2. The number of anilines is 1. The zero-order chi connectivity index (χ0) is 21.7. The molecule has 1 aromatic carbocycles. The first-order valence-corrected chi connectivity index (χ1v) is 9.76. The quantitative estimate of drug-likeness (QED) is 0.496. The molecule has 0 unspecified atom stereocenters. The lowest BCUT2D eigenvalue weighted by atomic mass is 9.99. The van der Waals surface area contributed by atoms with Gasteiger partial charge < -0.3 is 20.5 Å². The molecule has 0 radical (unpaired) electrons. The maximum atomic E-state index is 13.4. The molecular weight excluding hydrogens is 402 g/mol. The van der Waals surface area contributed by atoms with Crippen molar-refractivity contribution in [2.75, 3.05) is 32.0 Å². The highest BCUT2D eigenvalue weighted by molar-refractivity contribution is 5.34. The molecule has 1 aliphatic rings. The number of nitrogen functional groups attached to an aromatic ring is 1. The Bertz CT molecular complexity index is 840. The zero-order valence-electron chi connectivity index (χ0n) is 16.6. The van der Waals surface area contributed by atoms with E-state index in [0.717, 1.165) is 36.4 Å². The fraction of sp³-hybridized carbons (Fsp3) is 0.476. The van der Waals surface area contributed by atoms with Crippen molar-refractivity contribution in [2.45, 2.75) is 32.0 Å². The molecule has 0 aliphatic carbocycles. The highest BCUT2D eigenvalue weighted by atomic mass is 19.4. The van der Waals surface area contributed by atoms with Gasteiger partial charge in [-0.15, -0.1) is 0 Å². The number of hydrogen-bond donors (Lipinski definition) is 2. The number of nitrogens with one attached hydrogen (secondary N) is 1. The monoisotopic (exact) mass is 427 g/mol. The SMILES string of the molecule is Cc1cc(N)nc(C[C@@H]2CNC[C@@H]2OCCCOc2cc(F)cc(C(F)(F)F)c2)c1. The average molecular weight is 427 g/mol. The summed E-state index contributed by atoms with van der Waals surface area (Å²) in [5.74, 6) is -0.388. The number of nitrogens with zero attached hydrogens (tertiary/aromatic N) is 1. The Hall–Kier alpha value is -2.39. The Morgan fingerprint density at radius 2 is 1.93 bits per heavy atom. The minimum absolute atomic E-state index is 0.000427. The van der Waals surface area contributed by atoms with Gasteiger partial charge in [-0.25, -0.2) is 9.37 Å². The first-order chi connectivity index (χ1) is 14.2. The average Bonchev–Trinajstić information content (AvgIpc) is 3.06. The van der Waals surface area contributed by atoms with Crippen LogP contribution in [-0.4, -0.2) is 37.4 Å². The van der Waals surface area contributed by atoms with Crippen molar-refractivity contribution in [3.8, 4) is 5.75 Å². The van der Waals surface area contributed by atoms with Crippen molar-refractivity contribution >= 4 is 5.82 Å². The van der Waals surface area contributed by atoms with E-state index in [1.807, 2.05) is 19.1 Å². The van der Waals surface area contributed by atoms with Gasteiger partial charge in [0, 0.05) is 37.2 Å². The molecule has 3 rings (SSSR count). The van der Waals surface area contributed by atoms with Crippen molar-refractivity contribution in [2.24, 2.45) is 5.92 Å². The number of benzene rings is 1. The molecule has 2 heterocycles. The van der Waals surface area contributed by atoms with Crippen molar-refractivity contribution in [1.82, 2.24) is 10.3 Å². The number of halogens is 4. The van der Waals surface area contributed by atoms with Crippen LogP contribution >= 0.6 is 0 Å². The lowest BCUT2D eigenvalue weighted by molar-refractivity contribution is -0.137. The maximum Gasteiger partial charge on any atom is 0.416 e. The van der Waals surface area contributed by atoms with E-state index in [1.54, 1.807) is 0 Å². The first kappa shape index (κ1) is 22.3. The molecule has 0 bridgehead atoms. The van der Waals surface area contributed by atoms with Crippen LogP contribution in [0.3, 0.4) is 0 Å². The fourth-order valence-corrected chi connectivity index (χ4v) is 3.54. The summed E-state index contributed by atoms with van der Waals surface area (Å²) in [6, 6.07) is 6.00. The van der Waals surface area contributed by atoms with Gasteiger partial charge in [0.25, 0.3) is 0 Å². The Morgan fingerprint density at radius 1 is 1.13 bits per heavy atom. The van der Waals surface area contributed by atoms with Crippen LogP contribution in [0, 0.1) is 18.7 Å². The number of aromatic nitrogens is 1. The summed E-state index contributed by atoms with van der Waals surface area (Å²) in [7, 11) is 0. The van der Waals surface area contributed by atoms with Crippen LogP contribution in [0.25, 0.3) is 0 Å². The van der Waals surface area contributed by atoms with Crippen LogP contribution in [0.2, 0.25) is 0 Å². The Morgan fingerprint density at radius 3 is 2.67 bits per heavy atom. The molecule has 1 fully saturated rings. The Kier molecular flexibility index (Phi) is 7.14. The van der Waals surface area contributed by atoms with Crippen molar-refractivity contribution in [3.05, 3.63) is 53.0 Å². The molecule has 0 saturated carbocycles. The van der Waals surface area contributed by atoms with Crippen LogP contribution in [0.5, 0.6) is 5.75 Å². The predicted octanol–water partition coefficient (Wildman–Crippen LogP) is 3.75. The van der Waals surface area contributed by atoms with E-state index >= 15 is 0 Å². The van der Waals surface area contributed by atoms with Crippen LogP contribution < -0.4 is 15.8 Å². The molecule has 5 nitrogen and oxygen atoms in total. The van der Waals surface area contributed by atoms with E-state index in [0.29, 0.717) is 31.5 Å². The molecule has 1 aromatic heterocycles. The number of pyridine rings is 1. The molecule has 1 aliphatic heterocycles. The lowest BCUT2D eigenvalue weighted by Gasteiger charge is -2.19. The van der Waals surface area contributed by atoms with Crippen LogP contribution in [0.1, 0.15) is 23.2 Å². The molecule has 164 valence electrons. The summed E-state index contributed by atoms with van der Waals surface area (Å²) in [5.41, 5.74) is 6.72. The van der Waals surface area contributed by atoms with Gasteiger partial charge in [0.15, 0.2) is 0 Å². The number of alkyl halides is 3. The van der Waals surface area contributed by atoms with E-state index in [1.165, 1.54) is 0 Å². The van der Waals surface area contributed by atoms with E-state index in [2.05, 4.69) is 10.3 Å². The van der Waals surface area contributed by atoms with E-state index in [-0.39, 0.29) is 24.4 Å². The summed E-state index contributed by atoms with van der Waals surface area (Å²) in [6.07, 6.45) is -3.41. The molecule has 9 heteroatoms. The third-order valence-electron chi connectivity index (χ3n) is 4.88. The largest absolute Gasteiger partial charge is 0.493 e. The topological polar surface area (TPSA) is 69.4 Å². The summed E-state index contributed by atoms with van der Waals surface area (Å²) in [5, 5.41) is 3.30. The van der Waals surface area contributed by atoms with Crippen LogP contribution in [-0.2, 0) is 17.3 Å². The van der Waals surface area contributed by atoms with Crippen molar-refractivity contribution in [1.29, 1.82) is 0 Å². The van der Waals surface area contributed by atoms with E-state index < -0.39 is 17.6 Å². The van der Waals surface area contributed by atoms with Crippen molar-refractivity contribution in [3.63, 3.8) is 0 Å². The summed E-state index contributed by atoms with van der Waals surface area (Å²) in [4.78, 5) is 4.37. The van der Waals surface area contributed by atoms with E-state index in [9.17, 15) is 17.6 Å². The first-order valence-electron chi connectivity index (χ1n) is 9.76. The molecule has 0 spiro atoms. The van der Waals surface area contributed by atoms with Gasteiger partial charge in [0.1, 0.15) is 17.4 Å². The fourth-order valence-electron chi connectivity index (χ4n) is 3.54. The third-order valence-corrected chi connectivity index (χ3v) is 4.88.